The third-order valence-corrected chi connectivity index (χ3v) is 4.43. The van der Waals surface area contributed by atoms with Crippen molar-refractivity contribution in [3.05, 3.63) is 82.8 Å². The Morgan fingerprint density at radius 3 is 3.00 bits per heavy atom. The van der Waals surface area contributed by atoms with Gasteiger partial charge in [-0.3, -0.25) is 14.7 Å². The van der Waals surface area contributed by atoms with E-state index in [9.17, 15) is 9.59 Å². The van der Waals surface area contributed by atoms with Gasteiger partial charge in [0, 0.05) is 5.39 Å². The monoisotopic (exact) mass is 332 g/mol. The SMILES string of the molecule is C=CCc1cccc2cc(C(=O)N3C=NC4C=CC=CC43)c(=O)oc12. The summed E-state index contributed by atoms with van der Waals surface area (Å²) >= 11 is 0. The molecule has 0 saturated heterocycles. The van der Waals surface area contributed by atoms with Crippen molar-refractivity contribution in [2.75, 3.05) is 0 Å². The molecule has 0 N–H and O–H groups in total. The highest BCUT2D eigenvalue weighted by Gasteiger charge is 2.34. The number of aliphatic imine (C=N–C) groups is 1. The molecule has 0 saturated carbocycles. The summed E-state index contributed by atoms with van der Waals surface area (Å²) in [4.78, 5) is 31.1. The van der Waals surface area contributed by atoms with Crippen molar-refractivity contribution in [1.82, 2.24) is 4.90 Å². The third kappa shape index (κ3) is 2.54. The lowest BCUT2D eigenvalue weighted by Gasteiger charge is -2.23. The van der Waals surface area contributed by atoms with Gasteiger partial charge >= 0.3 is 5.63 Å². The number of para-hydroxylation sites is 1. The Morgan fingerprint density at radius 1 is 1.32 bits per heavy atom. The normalized spacial score (nSPS) is 20.9. The average Bonchev–Trinajstić information content (AvgIpc) is 3.05. The zero-order valence-electron chi connectivity index (χ0n) is 13.5. The summed E-state index contributed by atoms with van der Waals surface area (Å²) < 4.78 is 5.47. The molecule has 4 rings (SSSR count). The quantitative estimate of drug-likeness (QED) is 0.641. The molecule has 1 aromatic heterocycles. The molecule has 2 aliphatic rings. The van der Waals surface area contributed by atoms with Gasteiger partial charge in [0.15, 0.2) is 0 Å². The van der Waals surface area contributed by atoms with Crippen molar-refractivity contribution in [2.24, 2.45) is 4.99 Å². The Kier molecular flexibility index (Phi) is 3.69. The summed E-state index contributed by atoms with van der Waals surface area (Å²) in [5.74, 6) is -0.402. The number of allylic oxidation sites excluding steroid dienone is 3. The number of benzene rings is 1. The van der Waals surface area contributed by atoms with E-state index in [0.29, 0.717) is 17.4 Å². The molecule has 0 spiro atoms. The molecule has 1 aliphatic carbocycles. The van der Waals surface area contributed by atoms with Crippen LogP contribution in [0.4, 0.5) is 0 Å². The largest absolute Gasteiger partial charge is 0.422 e. The summed E-state index contributed by atoms with van der Waals surface area (Å²) in [6.07, 6.45) is 11.4. The Labute approximate surface area is 144 Å². The maximum Gasteiger partial charge on any atom is 0.349 e. The van der Waals surface area contributed by atoms with Crippen LogP contribution in [0.1, 0.15) is 15.9 Å². The lowest BCUT2D eigenvalue weighted by atomic mass is 10.0. The van der Waals surface area contributed by atoms with E-state index in [1.807, 2.05) is 42.5 Å². The second kappa shape index (κ2) is 6.02. The molecule has 0 bridgehead atoms. The van der Waals surface area contributed by atoms with Crippen LogP contribution in [0, 0.1) is 0 Å². The van der Waals surface area contributed by atoms with E-state index in [4.69, 9.17) is 4.42 Å². The molecule has 1 amide bonds. The van der Waals surface area contributed by atoms with Crippen molar-refractivity contribution in [3.8, 4) is 0 Å². The molecule has 1 aromatic carbocycles. The van der Waals surface area contributed by atoms with E-state index in [1.165, 1.54) is 11.2 Å². The van der Waals surface area contributed by atoms with Gasteiger partial charge in [-0.15, -0.1) is 6.58 Å². The van der Waals surface area contributed by atoms with Crippen molar-refractivity contribution in [2.45, 2.75) is 18.5 Å². The Hall–Kier alpha value is -3.21. The molecule has 1 aliphatic heterocycles. The predicted molar refractivity (Wildman–Crippen MR) is 96.9 cm³/mol. The molecular formula is C20H16N2O3. The predicted octanol–water partition coefficient (Wildman–Crippen LogP) is 2.87. The van der Waals surface area contributed by atoms with Gasteiger partial charge < -0.3 is 4.42 Å². The molecule has 2 atom stereocenters. The smallest absolute Gasteiger partial charge is 0.349 e. The summed E-state index contributed by atoms with van der Waals surface area (Å²) in [5.41, 5.74) is 0.739. The first-order chi connectivity index (χ1) is 12.2. The second-order valence-electron chi connectivity index (χ2n) is 6.00. The van der Waals surface area contributed by atoms with Gasteiger partial charge in [-0.25, -0.2) is 4.79 Å². The minimum atomic E-state index is -0.638. The van der Waals surface area contributed by atoms with Crippen LogP contribution in [0.3, 0.4) is 0 Å². The maximum absolute atomic E-state index is 12.9. The Balaban J connectivity index is 1.76. The summed E-state index contributed by atoms with van der Waals surface area (Å²) in [6.45, 7) is 3.71. The number of hydrogen-bond acceptors (Lipinski definition) is 4. The average molecular weight is 332 g/mol. The first-order valence-corrected chi connectivity index (χ1v) is 8.06. The van der Waals surface area contributed by atoms with Gasteiger partial charge in [-0.1, -0.05) is 48.6 Å². The molecule has 0 radical (unpaired) electrons. The van der Waals surface area contributed by atoms with Crippen LogP contribution in [0.2, 0.25) is 0 Å². The number of fused-ring (bicyclic) bond motifs is 2. The first-order valence-electron chi connectivity index (χ1n) is 8.06. The fraction of sp³-hybridized carbons (Fsp3) is 0.150. The van der Waals surface area contributed by atoms with Crippen molar-refractivity contribution >= 4 is 23.2 Å². The van der Waals surface area contributed by atoms with E-state index in [-0.39, 0.29) is 17.6 Å². The number of hydrogen-bond donors (Lipinski definition) is 0. The van der Waals surface area contributed by atoms with Crippen molar-refractivity contribution < 1.29 is 9.21 Å². The highest BCUT2D eigenvalue weighted by Crippen LogP contribution is 2.23. The van der Waals surface area contributed by atoms with E-state index in [1.54, 1.807) is 12.1 Å². The van der Waals surface area contributed by atoms with E-state index in [2.05, 4.69) is 11.6 Å². The van der Waals surface area contributed by atoms with Crippen LogP contribution in [0.15, 0.2) is 75.4 Å². The summed E-state index contributed by atoms with van der Waals surface area (Å²) in [5, 5.41) is 0.717. The van der Waals surface area contributed by atoms with Gasteiger partial charge in [0.1, 0.15) is 11.1 Å². The van der Waals surface area contributed by atoms with Crippen molar-refractivity contribution in [3.63, 3.8) is 0 Å². The van der Waals surface area contributed by atoms with Crippen LogP contribution in [0.25, 0.3) is 11.0 Å². The molecule has 2 heterocycles. The van der Waals surface area contributed by atoms with Gasteiger partial charge in [-0.05, 0) is 18.1 Å². The Morgan fingerprint density at radius 2 is 2.16 bits per heavy atom. The topological polar surface area (TPSA) is 62.9 Å². The van der Waals surface area contributed by atoms with Gasteiger partial charge in [0.05, 0.1) is 18.4 Å². The van der Waals surface area contributed by atoms with Crippen LogP contribution >= 0.6 is 0 Å². The van der Waals surface area contributed by atoms with E-state index >= 15 is 0 Å². The maximum atomic E-state index is 12.9. The number of nitrogens with zero attached hydrogens (tertiary/aromatic N) is 2. The highest BCUT2D eigenvalue weighted by atomic mass is 16.4. The molecule has 124 valence electrons. The number of amides is 1. The van der Waals surface area contributed by atoms with Crippen LogP contribution in [-0.2, 0) is 6.42 Å². The third-order valence-electron chi connectivity index (χ3n) is 4.43. The van der Waals surface area contributed by atoms with Crippen LogP contribution < -0.4 is 5.63 Å². The lowest BCUT2D eigenvalue weighted by molar-refractivity contribution is 0.0831. The standard InChI is InChI=1S/C20H16N2O3/c1-2-6-13-7-5-8-14-11-15(20(24)25-18(13)14)19(23)22-12-21-16-9-3-4-10-17(16)22/h2-5,7-12,16-17H,1,6H2. The van der Waals surface area contributed by atoms with E-state index in [0.717, 1.165) is 5.56 Å². The molecule has 2 unspecified atom stereocenters. The van der Waals surface area contributed by atoms with Crippen molar-refractivity contribution in [1.29, 1.82) is 0 Å². The lowest BCUT2D eigenvalue weighted by Crippen LogP contribution is -2.41. The molecule has 0 fully saturated rings. The number of rotatable bonds is 3. The number of carbonyl (C=O) groups excluding carboxylic acids is 1. The van der Waals surface area contributed by atoms with Gasteiger partial charge in [0.25, 0.3) is 5.91 Å². The highest BCUT2D eigenvalue weighted by molar-refractivity contribution is 6.03. The second-order valence-corrected chi connectivity index (χ2v) is 6.00. The zero-order valence-corrected chi connectivity index (χ0v) is 13.5. The molecule has 5 nitrogen and oxygen atoms in total. The summed E-state index contributed by atoms with van der Waals surface area (Å²) in [6, 6.07) is 6.88. The van der Waals surface area contributed by atoms with Gasteiger partial charge in [0.2, 0.25) is 0 Å². The molecule has 2 aromatic rings. The summed E-state index contributed by atoms with van der Waals surface area (Å²) in [7, 11) is 0. The zero-order chi connectivity index (χ0) is 17.4. The first kappa shape index (κ1) is 15.3. The van der Waals surface area contributed by atoms with Gasteiger partial charge in [-0.2, -0.15) is 0 Å². The molecule has 25 heavy (non-hydrogen) atoms. The van der Waals surface area contributed by atoms with E-state index < -0.39 is 11.5 Å². The number of carbonyl (C=O) groups is 1. The van der Waals surface area contributed by atoms with Crippen LogP contribution in [-0.4, -0.2) is 29.2 Å². The molecule has 5 heteroatoms. The minimum absolute atomic E-state index is 0.0123. The fourth-order valence-corrected chi connectivity index (χ4v) is 3.20. The minimum Gasteiger partial charge on any atom is -0.422 e. The molecular weight excluding hydrogens is 316 g/mol. The Bertz CT molecular complexity index is 1010. The fourth-order valence-electron chi connectivity index (χ4n) is 3.20. The van der Waals surface area contributed by atoms with Crippen LogP contribution in [0.5, 0.6) is 0 Å².